The van der Waals surface area contributed by atoms with E-state index in [2.05, 4.69) is 63.2 Å². The van der Waals surface area contributed by atoms with Gasteiger partial charge in [-0.15, -0.1) is 30.6 Å². The Morgan fingerprint density at radius 1 is 1.40 bits per heavy atom. The fourth-order valence-corrected chi connectivity index (χ4v) is 2.48. The molecular weight excluding hydrogens is 427 g/mol. The van der Waals surface area contributed by atoms with Crippen molar-refractivity contribution >= 4 is 29.9 Å². The summed E-state index contributed by atoms with van der Waals surface area (Å²) in [6, 6.07) is 8.46. The molecule has 0 saturated heterocycles. The van der Waals surface area contributed by atoms with Crippen molar-refractivity contribution in [1.29, 1.82) is 0 Å². The first-order valence-corrected chi connectivity index (χ1v) is 8.16. The van der Waals surface area contributed by atoms with E-state index in [4.69, 9.17) is 0 Å². The van der Waals surface area contributed by atoms with Crippen molar-refractivity contribution in [3.05, 3.63) is 60.7 Å². The minimum absolute atomic E-state index is 0. The van der Waals surface area contributed by atoms with Crippen molar-refractivity contribution in [2.75, 3.05) is 20.6 Å². The summed E-state index contributed by atoms with van der Waals surface area (Å²) in [5, 5.41) is 7.56. The summed E-state index contributed by atoms with van der Waals surface area (Å²) in [6.07, 6.45) is 7.33. The van der Waals surface area contributed by atoms with Gasteiger partial charge in [-0.3, -0.25) is 4.99 Å². The van der Waals surface area contributed by atoms with Crippen molar-refractivity contribution < 1.29 is 0 Å². The fraction of sp³-hybridized carbons (Fsp3) is 0.389. The normalized spacial score (nSPS) is 10.9. The molecule has 0 fully saturated rings. The second kappa shape index (κ2) is 11.6. The molecule has 25 heavy (non-hydrogen) atoms. The minimum Gasteiger partial charge on any atom is -0.352 e. The average molecular weight is 454 g/mol. The topological polar surface area (TPSA) is 58.3 Å². The first-order valence-electron chi connectivity index (χ1n) is 8.16. The Morgan fingerprint density at radius 3 is 2.88 bits per heavy atom. The fourth-order valence-electron chi connectivity index (χ4n) is 2.48. The number of aromatic nitrogens is 3. The summed E-state index contributed by atoms with van der Waals surface area (Å²) >= 11 is 0. The summed E-state index contributed by atoms with van der Waals surface area (Å²) < 4.78 is 1.82. The molecule has 136 valence electrons. The summed E-state index contributed by atoms with van der Waals surface area (Å²) in [4.78, 5) is 10.5. The van der Waals surface area contributed by atoms with Gasteiger partial charge in [-0.1, -0.05) is 30.3 Å². The maximum Gasteiger partial charge on any atom is 0.193 e. The molecule has 0 aliphatic rings. The van der Waals surface area contributed by atoms with Gasteiger partial charge in [-0.2, -0.15) is 5.10 Å². The van der Waals surface area contributed by atoms with Gasteiger partial charge in [0.1, 0.15) is 12.7 Å². The minimum atomic E-state index is 0. The largest absolute Gasteiger partial charge is 0.352 e. The molecule has 1 N–H and O–H groups in total. The lowest BCUT2D eigenvalue weighted by atomic mass is 10.1. The molecule has 6 nitrogen and oxygen atoms in total. The molecule has 7 heteroatoms. The summed E-state index contributed by atoms with van der Waals surface area (Å²) in [5.41, 5.74) is 2.42. The lowest BCUT2D eigenvalue weighted by Gasteiger charge is -2.22. The third-order valence-corrected chi connectivity index (χ3v) is 3.73. The molecule has 0 atom stereocenters. The number of nitrogens with one attached hydrogen (secondary N) is 1. The summed E-state index contributed by atoms with van der Waals surface area (Å²) in [5.74, 6) is 0.903. The Labute approximate surface area is 167 Å². The Hall–Kier alpha value is -1.90. The highest BCUT2D eigenvalue weighted by molar-refractivity contribution is 14.0. The number of unbranched alkanes of at least 4 members (excludes halogenated alkanes) is 1. The third-order valence-electron chi connectivity index (χ3n) is 3.73. The highest BCUT2D eigenvalue weighted by Crippen LogP contribution is 2.07. The number of nitrogens with zero attached hydrogens (tertiary/aromatic N) is 5. The van der Waals surface area contributed by atoms with Gasteiger partial charge in [-0.25, -0.2) is 9.67 Å². The second-order valence-corrected chi connectivity index (χ2v) is 5.67. The SMILES string of the molecule is C=CCCCN(C)C(=NC)NCc1cccc(Cn2cncn2)c1.I. The number of guanidine groups is 1. The van der Waals surface area contributed by atoms with Gasteiger partial charge in [0.2, 0.25) is 0 Å². The van der Waals surface area contributed by atoms with Crippen molar-refractivity contribution in [1.82, 2.24) is 25.0 Å². The smallest absolute Gasteiger partial charge is 0.193 e. The van der Waals surface area contributed by atoms with E-state index in [1.807, 2.05) is 17.8 Å². The number of hydrogen-bond donors (Lipinski definition) is 1. The van der Waals surface area contributed by atoms with Crippen LogP contribution in [-0.4, -0.2) is 46.3 Å². The standard InChI is InChI=1S/C18H26N6.HI/c1-4-5-6-10-23(3)18(19-2)21-12-16-8-7-9-17(11-16)13-24-15-20-14-22-24;/h4,7-9,11,14-15H,1,5-6,10,12-13H2,2-3H3,(H,19,21);1H. The zero-order valence-corrected chi connectivity index (χ0v) is 17.3. The van der Waals surface area contributed by atoms with Crippen LogP contribution in [0, 0.1) is 0 Å². The van der Waals surface area contributed by atoms with Gasteiger partial charge < -0.3 is 10.2 Å². The average Bonchev–Trinajstić information content (AvgIpc) is 3.09. The second-order valence-electron chi connectivity index (χ2n) is 5.67. The van der Waals surface area contributed by atoms with E-state index in [9.17, 15) is 0 Å². The molecule has 2 aromatic rings. The van der Waals surface area contributed by atoms with Gasteiger partial charge in [0, 0.05) is 27.2 Å². The number of aliphatic imine (C=N–C) groups is 1. The monoisotopic (exact) mass is 454 g/mol. The van der Waals surface area contributed by atoms with Crippen molar-refractivity contribution in [2.45, 2.75) is 25.9 Å². The Bertz CT molecular complexity index is 653. The Morgan fingerprint density at radius 2 is 2.20 bits per heavy atom. The molecule has 0 spiro atoms. The summed E-state index contributed by atoms with van der Waals surface area (Å²) in [7, 11) is 3.87. The van der Waals surface area contributed by atoms with Crippen LogP contribution in [0.25, 0.3) is 0 Å². The molecule has 0 aliphatic heterocycles. The van der Waals surface area contributed by atoms with Crippen molar-refractivity contribution in [2.24, 2.45) is 4.99 Å². The van der Waals surface area contributed by atoms with E-state index in [0.717, 1.165) is 38.4 Å². The van der Waals surface area contributed by atoms with Gasteiger partial charge in [-0.05, 0) is 24.0 Å². The number of hydrogen-bond acceptors (Lipinski definition) is 3. The summed E-state index contributed by atoms with van der Waals surface area (Å²) in [6.45, 7) is 6.18. The van der Waals surface area contributed by atoms with Crippen LogP contribution in [0.3, 0.4) is 0 Å². The maximum atomic E-state index is 4.35. The van der Waals surface area contributed by atoms with Crippen LogP contribution in [0.1, 0.15) is 24.0 Å². The molecule has 1 aromatic heterocycles. The van der Waals surface area contributed by atoms with Gasteiger partial charge >= 0.3 is 0 Å². The molecule has 1 heterocycles. The number of rotatable bonds is 8. The lowest BCUT2D eigenvalue weighted by Crippen LogP contribution is -2.38. The Balaban J connectivity index is 0.00000312. The molecule has 0 aliphatic carbocycles. The van der Waals surface area contributed by atoms with Crippen molar-refractivity contribution in [3.63, 3.8) is 0 Å². The van der Waals surface area contributed by atoms with Gasteiger partial charge in [0.15, 0.2) is 5.96 Å². The van der Waals surface area contributed by atoms with Crippen LogP contribution in [0.5, 0.6) is 0 Å². The van der Waals surface area contributed by atoms with Gasteiger partial charge in [0.25, 0.3) is 0 Å². The Kier molecular flexibility index (Phi) is 9.83. The first kappa shape index (κ1) is 21.1. The van der Waals surface area contributed by atoms with Crippen molar-refractivity contribution in [3.8, 4) is 0 Å². The van der Waals surface area contributed by atoms with Crippen LogP contribution >= 0.6 is 24.0 Å². The maximum absolute atomic E-state index is 4.35. The molecule has 0 radical (unpaired) electrons. The molecule has 0 saturated carbocycles. The van der Waals surface area contributed by atoms with Crippen LogP contribution in [-0.2, 0) is 13.1 Å². The molecular formula is C18H27IN6. The highest BCUT2D eigenvalue weighted by Gasteiger charge is 2.05. The van der Waals surface area contributed by atoms with E-state index in [1.165, 1.54) is 11.1 Å². The van der Waals surface area contributed by atoms with E-state index >= 15 is 0 Å². The number of allylic oxidation sites excluding steroid dienone is 1. The predicted molar refractivity (Wildman–Crippen MR) is 113 cm³/mol. The lowest BCUT2D eigenvalue weighted by molar-refractivity contribution is 0.470. The molecule has 2 rings (SSSR count). The van der Waals surface area contributed by atoms with E-state index < -0.39 is 0 Å². The highest BCUT2D eigenvalue weighted by atomic mass is 127. The van der Waals surface area contributed by atoms with Crippen LogP contribution in [0.15, 0.2) is 54.6 Å². The van der Waals surface area contributed by atoms with Crippen LogP contribution < -0.4 is 5.32 Å². The van der Waals surface area contributed by atoms with E-state index in [0.29, 0.717) is 0 Å². The molecule has 0 unspecified atom stereocenters. The van der Waals surface area contributed by atoms with Gasteiger partial charge in [0.05, 0.1) is 6.54 Å². The third kappa shape index (κ3) is 7.25. The van der Waals surface area contributed by atoms with Crippen LogP contribution in [0.4, 0.5) is 0 Å². The quantitative estimate of drug-likeness (QED) is 0.219. The first-order chi connectivity index (χ1) is 11.7. The number of benzene rings is 1. The molecule has 0 amide bonds. The van der Waals surface area contributed by atoms with E-state index in [1.54, 1.807) is 12.7 Å². The zero-order chi connectivity index (χ0) is 17.2. The van der Waals surface area contributed by atoms with Crippen LogP contribution in [0.2, 0.25) is 0 Å². The number of halogens is 1. The zero-order valence-electron chi connectivity index (χ0n) is 14.9. The molecule has 0 bridgehead atoms. The predicted octanol–water partition coefficient (Wildman–Crippen LogP) is 2.92. The van der Waals surface area contributed by atoms with E-state index in [-0.39, 0.29) is 24.0 Å². The molecule has 1 aromatic carbocycles.